The zero-order chi connectivity index (χ0) is 19.4. The van der Waals surface area contributed by atoms with Gasteiger partial charge in [0.1, 0.15) is 4.90 Å². The summed E-state index contributed by atoms with van der Waals surface area (Å²) in [6.45, 7) is 3.38. The van der Waals surface area contributed by atoms with Crippen molar-refractivity contribution in [1.82, 2.24) is 4.72 Å². The van der Waals surface area contributed by atoms with Crippen molar-refractivity contribution in [2.24, 2.45) is 11.8 Å². The van der Waals surface area contributed by atoms with Gasteiger partial charge < -0.3 is 4.74 Å². The van der Waals surface area contributed by atoms with Gasteiger partial charge in [0.2, 0.25) is 10.0 Å². The van der Waals surface area contributed by atoms with Gasteiger partial charge in [-0.05, 0) is 30.5 Å². The summed E-state index contributed by atoms with van der Waals surface area (Å²) in [6, 6.07) is 2.02. The van der Waals surface area contributed by atoms with E-state index >= 15 is 0 Å². The molecule has 1 aromatic rings. The number of nitrogens with one attached hydrogen (secondary N) is 1. The highest BCUT2D eigenvalue weighted by Crippen LogP contribution is 2.33. The van der Waals surface area contributed by atoms with Gasteiger partial charge in [0.25, 0.3) is 0 Å². The van der Waals surface area contributed by atoms with Crippen LogP contribution in [-0.2, 0) is 25.7 Å². The molecule has 0 spiro atoms. The zero-order valence-corrected chi connectivity index (χ0v) is 15.4. The average Bonchev–Trinajstić information content (AvgIpc) is 2.49. The molecule has 10 heteroatoms. The van der Waals surface area contributed by atoms with Gasteiger partial charge in [-0.2, -0.15) is 13.2 Å². The topological polar surface area (TPSA) is 72.5 Å². The van der Waals surface area contributed by atoms with E-state index in [0.717, 1.165) is 6.07 Å². The molecular formula is C15H19ClF3NO4S. The molecule has 25 heavy (non-hydrogen) atoms. The predicted molar refractivity (Wildman–Crippen MR) is 86.6 cm³/mol. The summed E-state index contributed by atoms with van der Waals surface area (Å²) in [6.07, 6.45) is -4.35. The first-order valence-electron chi connectivity index (χ1n) is 7.32. The van der Waals surface area contributed by atoms with Gasteiger partial charge in [-0.25, -0.2) is 13.1 Å². The minimum atomic E-state index is -4.71. The number of ether oxygens (including phenoxy) is 1. The molecule has 0 aliphatic rings. The molecule has 0 aliphatic carbocycles. The van der Waals surface area contributed by atoms with Crippen LogP contribution in [-0.4, -0.2) is 28.0 Å². The monoisotopic (exact) mass is 401 g/mol. The Morgan fingerprint density at radius 3 is 2.40 bits per heavy atom. The number of sulfonamides is 1. The molecule has 1 rings (SSSR count). The minimum absolute atomic E-state index is 0.0887. The third kappa shape index (κ3) is 6.16. The Kier molecular flexibility index (Phi) is 7.28. The van der Waals surface area contributed by atoms with Gasteiger partial charge in [-0.3, -0.25) is 4.79 Å². The van der Waals surface area contributed by atoms with Crippen molar-refractivity contribution in [2.75, 3.05) is 13.7 Å². The number of esters is 1. The second-order valence-electron chi connectivity index (χ2n) is 5.84. The van der Waals surface area contributed by atoms with E-state index in [-0.39, 0.29) is 17.5 Å². The molecule has 0 aromatic heterocycles. The van der Waals surface area contributed by atoms with Crippen molar-refractivity contribution in [1.29, 1.82) is 0 Å². The van der Waals surface area contributed by atoms with Crippen molar-refractivity contribution in [3.8, 4) is 0 Å². The molecule has 142 valence electrons. The van der Waals surface area contributed by atoms with E-state index in [1.165, 1.54) is 7.11 Å². The van der Waals surface area contributed by atoms with Crippen molar-refractivity contribution in [3.63, 3.8) is 0 Å². The molecule has 0 amide bonds. The quantitative estimate of drug-likeness (QED) is 0.710. The van der Waals surface area contributed by atoms with Gasteiger partial charge in [0.05, 0.1) is 23.6 Å². The zero-order valence-electron chi connectivity index (χ0n) is 13.9. The number of carbonyl (C=O) groups is 1. The molecule has 1 N–H and O–H groups in total. The lowest BCUT2D eigenvalue weighted by Gasteiger charge is -2.18. The third-order valence-corrected chi connectivity index (χ3v) is 5.26. The van der Waals surface area contributed by atoms with E-state index in [4.69, 9.17) is 11.6 Å². The third-order valence-electron chi connectivity index (χ3n) is 3.36. The van der Waals surface area contributed by atoms with E-state index in [1.54, 1.807) is 0 Å². The fraction of sp³-hybridized carbons (Fsp3) is 0.533. The number of benzene rings is 1. The van der Waals surface area contributed by atoms with Crippen LogP contribution in [0, 0.1) is 11.8 Å². The maximum atomic E-state index is 12.8. The first-order valence-corrected chi connectivity index (χ1v) is 9.18. The lowest BCUT2D eigenvalue weighted by Crippen LogP contribution is -2.34. The Morgan fingerprint density at radius 2 is 1.92 bits per heavy atom. The summed E-state index contributed by atoms with van der Waals surface area (Å²) in [5, 5.41) is -0.348. The van der Waals surface area contributed by atoms with E-state index < -0.39 is 38.5 Å². The molecule has 5 nitrogen and oxygen atoms in total. The second-order valence-corrected chi connectivity index (χ2v) is 7.99. The van der Waals surface area contributed by atoms with Crippen LogP contribution in [0.2, 0.25) is 5.02 Å². The van der Waals surface area contributed by atoms with Crippen molar-refractivity contribution < 1.29 is 31.1 Å². The Hall–Kier alpha value is -1.32. The van der Waals surface area contributed by atoms with Crippen LogP contribution < -0.4 is 4.72 Å². The molecule has 0 fully saturated rings. The molecule has 1 aromatic carbocycles. The van der Waals surface area contributed by atoms with E-state index in [2.05, 4.69) is 9.46 Å². The molecule has 1 unspecified atom stereocenters. The van der Waals surface area contributed by atoms with Crippen molar-refractivity contribution in [2.45, 2.75) is 31.3 Å². The molecule has 0 aliphatic heterocycles. The van der Waals surface area contributed by atoms with Gasteiger partial charge in [0, 0.05) is 6.54 Å². The number of alkyl halides is 3. The van der Waals surface area contributed by atoms with Crippen LogP contribution in [0.1, 0.15) is 25.8 Å². The maximum Gasteiger partial charge on any atom is 0.416 e. The molecular weight excluding hydrogens is 383 g/mol. The maximum absolute atomic E-state index is 12.8. The summed E-state index contributed by atoms with van der Waals surface area (Å²) in [5.41, 5.74) is -1.14. The van der Waals surface area contributed by atoms with E-state index in [1.807, 2.05) is 13.8 Å². The van der Waals surface area contributed by atoms with Crippen molar-refractivity contribution >= 4 is 27.6 Å². The van der Waals surface area contributed by atoms with Crippen LogP contribution in [0.15, 0.2) is 23.1 Å². The smallest absolute Gasteiger partial charge is 0.416 e. The molecule has 1 atom stereocenters. The van der Waals surface area contributed by atoms with Crippen LogP contribution in [0.3, 0.4) is 0 Å². The first-order chi connectivity index (χ1) is 11.4. The molecule has 0 saturated heterocycles. The normalized spacial score (nSPS) is 13.8. The van der Waals surface area contributed by atoms with E-state index in [9.17, 15) is 26.4 Å². The highest BCUT2D eigenvalue weighted by molar-refractivity contribution is 7.89. The predicted octanol–water partition coefficient (Wildman–Crippen LogP) is 3.47. The Bertz CT molecular complexity index is 720. The van der Waals surface area contributed by atoms with Crippen LogP contribution in [0.5, 0.6) is 0 Å². The standard InChI is InChI=1S/C15H19ClF3NO4S/c1-9(2)6-10(14(21)24-3)8-20-25(22,23)13-7-11(15(17,18)19)4-5-12(13)16/h4-5,7,9-10,20H,6,8H2,1-3H3. The Labute approximate surface area is 149 Å². The SMILES string of the molecule is COC(=O)C(CNS(=O)(=O)c1cc(C(F)(F)F)ccc1Cl)CC(C)C. The highest BCUT2D eigenvalue weighted by Gasteiger charge is 2.33. The summed E-state index contributed by atoms with van der Waals surface area (Å²) in [7, 11) is -3.16. The summed E-state index contributed by atoms with van der Waals surface area (Å²) >= 11 is 5.74. The lowest BCUT2D eigenvalue weighted by molar-refractivity contribution is -0.145. The highest BCUT2D eigenvalue weighted by atomic mass is 35.5. The molecule has 0 saturated carbocycles. The number of carbonyl (C=O) groups excluding carboxylic acids is 1. The van der Waals surface area contributed by atoms with Crippen LogP contribution >= 0.6 is 11.6 Å². The summed E-state index contributed by atoms with van der Waals surface area (Å²) in [5.74, 6) is -1.28. The van der Waals surface area contributed by atoms with Gasteiger partial charge in [-0.15, -0.1) is 0 Å². The van der Waals surface area contributed by atoms with Crippen LogP contribution in [0.25, 0.3) is 0 Å². The summed E-state index contributed by atoms with van der Waals surface area (Å²) in [4.78, 5) is 11.0. The number of methoxy groups -OCH3 is 1. The van der Waals surface area contributed by atoms with Gasteiger partial charge in [0.15, 0.2) is 0 Å². The fourth-order valence-corrected chi connectivity index (χ4v) is 3.78. The Morgan fingerprint density at radius 1 is 1.32 bits per heavy atom. The molecule has 0 bridgehead atoms. The molecule has 0 heterocycles. The largest absolute Gasteiger partial charge is 0.469 e. The van der Waals surface area contributed by atoms with Crippen LogP contribution in [0.4, 0.5) is 13.2 Å². The lowest BCUT2D eigenvalue weighted by atomic mass is 9.97. The first kappa shape index (κ1) is 21.7. The number of halogens is 4. The Balaban J connectivity index is 3.07. The van der Waals surface area contributed by atoms with Crippen molar-refractivity contribution in [3.05, 3.63) is 28.8 Å². The number of hydrogen-bond acceptors (Lipinski definition) is 4. The number of hydrogen-bond donors (Lipinski definition) is 1. The summed E-state index contributed by atoms with van der Waals surface area (Å²) < 4.78 is 69.7. The van der Waals surface area contributed by atoms with E-state index in [0.29, 0.717) is 18.6 Å². The average molecular weight is 402 g/mol. The van der Waals surface area contributed by atoms with Gasteiger partial charge in [-0.1, -0.05) is 25.4 Å². The molecule has 0 radical (unpaired) electrons. The number of rotatable bonds is 7. The van der Waals surface area contributed by atoms with Gasteiger partial charge >= 0.3 is 12.1 Å². The second kappa shape index (κ2) is 8.37. The minimum Gasteiger partial charge on any atom is -0.469 e. The fourth-order valence-electron chi connectivity index (χ4n) is 2.17.